The number of halogens is 1. The van der Waals surface area contributed by atoms with Crippen LogP contribution in [-0.2, 0) is 30.8 Å². The molecule has 0 heterocycles. The predicted molar refractivity (Wildman–Crippen MR) is 112 cm³/mol. The van der Waals surface area contributed by atoms with E-state index < -0.39 is 34.4 Å². The second-order valence-electron chi connectivity index (χ2n) is 6.14. The quantitative estimate of drug-likeness (QED) is 0.435. The van der Waals surface area contributed by atoms with Crippen LogP contribution in [-0.4, -0.2) is 45.9 Å². The number of rotatable bonds is 9. The zero-order valence-corrected chi connectivity index (χ0v) is 18.2. The largest absolute Gasteiger partial charge is 0.454 e. The summed E-state index contributed by atoms with van der Waals surface area (Å²) in [6.07, 6.45) is 0.452. The van der Waals surface area contributed by atoms with Crippen LogP contribution in [0.25, 0.3) is 0 Å². The topological polar surface area (TPSA) is 145 Å². The van der Waals surface area contributed by atoms with Gasteiger partial charge in [0.2, 0.25) is 10.0 Å². The number of primary sulfonamides is 1. The van der Waals surface area contributed by atoms with Crippen molar-refractivity contribution >= 4 is 43.7 Å². The van der Waals surface area contributed by atoms with Crippen LogP contribution in [0.1, 0.15) is 15.9 Å². The van der Waals surface area contributed by atoms with Gasteiger partial charge in [-0.05, 0) is 42.3 Å². The summed E-state index contributed by atoms with van der Waals surface area (Å²) < 4.78 is 27.9. The molecule has 11 heteroatoms. The minimum Gasteiger partial charge on any atom is -0.454 e. The normalized spacial score (nSPS) is 10.9. The van der Waals surface area contributed by atoms with E-state index in [0.717, 1.165) is 10.0 Å². The molecule has 0 aliphatic heterocycles. The predicted octanol–water partition coefficient (Wildman–Crippen LogP) is 0.728. The third-order valence-electron chi connectivity index (χ3n) is 3.83. The van der Waals surface area contributed by atoms with E-state index in [-0.39, 0.29) is 18.0 Å². The SMILES string of the molecule is NS(=O)(=O)c1ccc(CCNC(=O)COC(=O)CNC(=O)c2cccc(Br)c2)cc1. The summed E-state index contributed by atoms with van der Waals surface area (Å²) >= 11 is 3.25. The van der Waals surface area contributed by atoms with Gasteiger partial charge in [-0.3, -0.25) is 14.4 Å². The Bertz CT molecular complexity index is 1020. The first-order valence-corrected chi connectivity index (χ1v) is 11.1. The molecule has 0 bridgehead atoms. The van der Waals surface area contributed by atoms with Gasteiger partial charge >= 0.3 is 5.97 Å². The molecule has 9 nitrogen and oxygen atoms in total. The van der Waals surface area contributed by atoms with E-state index in [1.54, 1.807) is 36.4 Å². The molecule has 0 spiro atoms. The second kappa shape index (κ2) is 10.9. The summed E-state index contributed by atoms with van der Waals surface area (Å²) in [7, 11) is -3.74. The number of ether oxygens (including phenoxy) is 1. The van der Waals surface area contributed by atoms with Crippen LogP contribution in [0.5, 0.6) is 0 Å². The molecule has 2 aromatic carbocycles. The fraction of sp³-hybridized carbons (Fsp3) is 0.211. The van der Waals surface area contributed by atoms with Crippen molar-refractivity contribution in [1.29, 1.82) is 0 Å². The molecule has 2 rings (SSSR count). The summed E-state index contributed by atoms with van der Waals surface area (Å²) in [4.78, 5) is 35.4. The molecule has 30 heavy (non-hydrogen) atoms. The third-order valence-corrected chi connectivity index (χ3v) is 5.25. The van der Waals surface area contributed by atoms with Gasteiger partial charge in [0.25, 0.3) is 11.8 Å². The van der Waals surface area contributed by atoms with Gasteiger partial charge in [-0.1, -0.05) is 34.1 Å². The molecule has 0 saturated heterocycles. The fourth-order valence-electron chi connectivity index (χ4n) is 2.32. The van der Waals surface area contributed by atoms with E-state index in [4.69, 9.17) is 9.88 Å². The number of carbonyl (C=O) groups is 3. The Balaban J connectivity index is 1.65. The van der Waals surface area contributed by atoms with Crippen LogP contribution in [0.3, 0.4) is 0 Å². The Hall–Kier alpha value is -2.76. The first-order valence-electron chi connectivity index (χ1n) is 8.73. The highest BCUT2D eigenvalue weighted by Gasteiger charge is 2.11. The molecular weight excluding hydrogens is 478 g/mol. The lowest BCUT2D eigenvalue weighted by atomic mass is 10.1. The Morgan fingerprint density at radius 3 is 2.37 bits per heavy atom. The van der Waals surface area contributed by atoms with Crippen LogP contribution in [0, 0.1) is 0 Å². The fourth-order valence-corrected chi connectivity index (χ4v) is 3.24. The van der Waals surface area contributed by atoms with Crippen LogP contribution >= 0.6 is 15.9 Å². The first-order chi connectivity index (χ1) is 14.1. The standard InChI is InChI=1S/C19H20BrN3O6S/c20-15-3-1-2-14(10-15)19(26)23-11-18(25)29-12-17(24)22-9-8-13-4-6-16(7-5-13)30(21,27)28/h1-7,10H,8-9,11-12H2,(H,22,24)(H,23,26)(H2,21,27,28). The number of amides is 2. The molecule has 160 valence electrons. The lowest BCUT2D eigenvalue weighted by Gasteiger charge is -2.08. The van der Waals surface area contributed by atoms with E-state index in [0.29, 0.717) is 12.0 Å². The number of benzene rings is 2. The van der Waals surface area contributed by atoms with Crippen molar-refractivity contribution < 1.29 is 27.5 Å². The number of carbonyl (C=O) groups excluding carboxylic acids is 3. The highest BCUT2D eigenvalue weighted by Crippen LogP contribution is 2.11. The van der Waals surface area contributed by atoms with Gasteiger partial charge in [0.15, 0.2) is 6.61 Å². The third kappa shape index (κ3) is 7.93. The second-order valence-corrected chi connectivity index (χ2v) is 8.62. The van der Waals surface area contributed by atoms with Gasteiger partial charge < -0.3 is 15.4 Å². The van der Waals surface area contributed by atoms with Crippen LogP contribution in [0.15, 0.2) is 57.9 Å². The lowest BCUT2D eigenvalue weighted by molar-refractivity contribution is -0.147. The monoisotopic (exact) mass is 497 g/mol. The number of hydrogen-bond acceptors (Lipinski definition) is 6. The van der Waals surface area contributed by atoms with Gasteiger partial charge in [0.05, 0.1) is 4.90 Å². The molecular formula is C19H20BrN3O6S. The molecule has 0 unspecified atom stereocenters. The van der Waals surface area contributed by atoms with Crippen molar-refractivity contribution in [2.45, 2.75) is 11.3 Å². The highest BCUT2D eigenvalue weighted by molar-refractivity contribution is 9.10. The molecule has 0 radical (unpaired) electrons. The maximum atomic E-state index is 11.9. The lowest BCUT2D eigenvalue weighted by Crippen LogP contribution is -2.34. The highest BCUT2D eigenvalue weighted by atomic mass is 79.9. The molecule has 0 aliphatic carbocycles. The van der Waals surface area contributed by atoms with E-state index in [2.05, 4.69) is 26.6 Å². The number of nitrogens with two attached hydrogens (primary N) is 1. The molecule has 0 atom stereocenters. The van der Waals surface area contributed by atoms with Crippen molar-refractivity contribution in [1.82, 2.24) is 10.6 Å². The van der Waals surface area contributed by atoms with Crippen molar-refractivity contribution in [2.24, 2.45) is 5.14 Å². The van der Waals surface area contributed by atoms with Crippen LogP contribution < -0.4 is 15.8 Å². The van der Waals surface area contributed by atoms with Gasteiger partial charge in [0, 0.05) is 16.6 Å². The molecule has 0 saturated carbocycles. The molecule has 2 amide bonds. The summed E-state index contributed by atoms with van der Waals surface area (Å²) in [5.74, 6) is -1.68. The summed E-state index contributed by atoms with van der Waals surface area (Å²) in [5.41, 5.74) is 1.18. The molecule has 0 aromatic heterocycles. The van der Waals surface area contributed by atoms with Gasteiger partial charge in [-0.2, -0.15) is 0 Å². The average molecular weight is 498 g/mol. The van der Waals surface area contributed by atoms with E-state index in [1.165, 1.54) is 12.1 Å². The number of nitrogens with one attached hydrogen (secondary N) is 2. The Kier molecular flexibility index (Phi) is 8.51. The van der Waals surface area contributed by atoms with Crippen molar-refractivity contribution in [2.75, 3.05) is 19.7 Å². The average Bonchev–Trinajstić information content (AvgIpc) is 2.70. The summed E-state index contributed by atoms with van der Waals surface area (Å²) in [5, 5.41) is 10.0. The van der Waals surface area contributed by atoms with E-state index in [9.17, 15) is 22.8 Å². The number of sulfonamides is 1. The van der Waals surface area contributed by atoms with Gasteiger partial charge in [0.1, 0.15) is 6.54 Å². The van der Waals surface area contributed by atoms with Gasteiger partial charge in [-0.15, -0.1) is 0 Å². The summed E-state index contributed by atoms with van der Waals surface area (Å²) in [6.45, 7) is -0.574. The summed E-state index contributed by atoms with van der Waals surface area (Å²) in [6, 6.07) is 12.6. The zero-order chi connectivity index (χ0) is 22.1. The Labute approximate surface area is 182 Å². The number of esters is 1. The van der Waals surface area contributed by atoms with Crippen LogP contribution in [0.4, 0.5) is 0 Å². The molecule has 4 N–H and O–H groups in total. The van der Waals surface area contributed by atoms with Crippen molar-refractivity contribution in [3.63, 3.8) is 0 Å². The van der Waals surface area contributed by atoms with Crippen molar-refractivity contribution in [3.8, 4) is 0 Å². The van der Waals surface area contributed by atoms with E-state index >= 15 is 0 Å². The molecule has 0 fully saturated rings. The first kappa shape index (κ1) is 23.5. The Morgan fingerprint density at radius 1 is 1.03 bits per heavy atom. The Morgan fingerprint density at radius 2 is 1.73 bits per heavy atom. The number of hydrogen-bond donors (Lipinski definition) is 3. The maximum Gasteiger partial charge on any atom is 0.325 e. The minimum atomic E-state index is -3.74. The van der Waals surface area contributed by atoms with Crippen molar-refractivity contribution in [3.05, 3.63) is 64.1 Å². The van der Waals surface area contributed by atoms with Gasteiger partial charge in [-0.25, -0.2) is 13.6 Å². The smallest absolute Gasteiger partial charge is 0.325 e. The van der Waals surface area contributed by atoms with Crippen LogP contribution in [0.2, 0.25) is 0 Å². The molecule has 0 aliphatic rings. The maximum absolute atomic E-state index is 11.9. The van der Waals surface area contributed by atoms with E-state index in [1.807, 2.05) is 0 Å². The minimum absolute atomic E-state index is 0.00851. The molecule has 2 aromatic rings. The zero-order valence-electron chi connectivity index (χ0n) is 15.8.